The Hall–Kier alpha value is -1.97. The summed E-state index contributed by atoms with van der Waals surface area (Å²) in [6.45, 7) is 1.95. The van der Waals surface area contributed by atoms with Crippen molar-refractivity contribution in [3.05, 3.63) is 76.2 Å². The van der Waals surface area contributed by atoms with E-state index in [1.165, 1.54) is 12.1 Å². The zero-order chi connectivity index (χ0) is 15.0. The van der Waals surface area contributed by atoms with Gasteiger partial charge in [0, 0.05) is 11.1 Å². The van der Waals surface area contributed by atoms with Crippen molar-refractivity contribution >= 4 is 22.5 Å². The quantitative estimate of drug-likeness (QED) is 0.762. The van der Waals surface area contributed by atoms with Crippen molar-refractivity contribution in [3.8, 4) is 0 Å². The maximum absolute atomic E-state index is 13.6. The number of rotatable bonds is 2. The predicted octanol–water partition coefficient (Wildman–Crippen LogP) is 4.38. The number of pyridine rings is 1. The molecule has 0 saturated heterocycles. The van der Waals surface area contributed by atoms with Gasteiger partial charge in [-0.05, 0) is 48.4 Å². The van der Waals surface area contributed by atoms with Crippen LogP contribution >= 0.6 is 11.6 Å². The number of hydrogen-bond acceptors (Lipinski definition) is 2. The number of nitrogens with two attached hydrogens (primary N) is 1. The lowest BCUT2D eigenvalue weighted by Crippen LogP contribution is -2.12. The summed E-state index contributed by atoms with van der Waals surface area (Å²) in [5.74, 6) is -0.456. The summed E-state index contributed by atoms with van der Waals surface area (Å²) in [5.41, 5.74) is 9.72. The van der Waals surface area contributed by atoms with Crippen molar-refractivity contribution < 1.29 is 4.39 Å². The van der Waals surface area contributed by atoms with Crippen molar-refractivity contribution in [2.75, 3.05) is 0 Å². The van der Waals surface area contributed by atoms with Crippen molar-refractivity contribution in [1.29, 1.82) is 0 Å². The molecule has 1 heterocycles. The number of hydrogen-bond donors (Lipinski definition) is 1. The molecule has 1 unspecified atom stereocenters. The van der Waals surface area contributed by atoms with Gasteiger partial charge in [-0.1, -0.05) is 29.8 Å². The third-order valence-electron chi connectivity index (χ3n) is 3.51. The van der Waals surface area contributed by atoms with E-state index >= 15 is 0 Å². The molecule has 1 atom stereocenters. The molecule has 3 aromatic rings. The molecule has 0 aliphatic heterocycles. The lowest BCUT2D eigenvalue weighted by atomic mass is 9.98. The van der Waals surface area contributed by atoms with E-state index in [-0.39, 0.29) is 5.02 Å². The molecule has 2 N–H and O–H groups in total. The number of aryl methyl sites for hydroxylation is 1. The van der Waals surface area contributed by atoms with E-state index in [1.807, 2.05) is 37.3 Å². The summed E-state index contributed by atoms with van der Waals surface area (Å²) in [4.78, 5) is 4.46. The molecule has 2 aromatic carbocycles. The normalized spacial score (nSPS) is 12.6. The Morgan fingerprint density at radius 3 is 2.52 bits per heavy atom. The van der Waals surface area contributed by atoms with Crippen LogP contribution in [-0.4, -0.2) is 4.98 Å². The number of halogens is 2. The average molecular weight is 301 g/mol. The third-order valence-corrected chi connectivity index (χ3v) is 3.82. The highest BCUT2D eigenvalue weighted by molar-refractivity contribution is 6.30. The minimum absolute atomic E-state index is 0.101. The molecule has 2 nitrogen and oxygen atoms in total. The van der Waals surface area contributed by atoms with Gasteiger partial charge in [0.05, 0.1) is 16.6 Å². The zero-order valence-electron chi connectivity index (χ0n) is 11.5. The standard InChI is InChI=1S/C17H14ClFN2/c1-10-2-3-11-8-12(5-7-16(11)21-10)17(20)13-4-6-14(18)15(19)9-13/h2-9,17H,20H2,1H3. The molecule has 21 heavy (non-hydrogen) atoms. The van der Waals surface area contributed by atoms with Crippen LogP contribution in [0.3, 0.4) is 0 Å². The van der Waals surface area contributed by atoms with E-state index in [0.29, 0.717) is 5.56 Å². The van der Waals surface area contributed by atoms with Gasteiger partial charge < -0.3 is 5.73 Å². The Labute approximate surface area is 127 Å². The lowest BCUT2D eigenvalue weighted by molar-refractivity contribution is 0.624. The molecule has 0 aliphatic rings. The molecular formula is C17H14ClFN2. The first-order valence-electron chi connectivity index (χ1n) is 6.62. The SMILES string of the molecule is Cc1ccc2cc(C(N)c3ccc(Cl)c(F)c3)ccc2n1. The molecule has 0 radical (unpaired) electrons. The second-order valence-electron chi connectivity index (χ2n) is 5.06. The van der Waals surface area contributed by atoms with Gasteiger partial charge in [0.25, 0.3) is 0 Å². The smallest absolute Gasteiger partial charge is 0.142 e. The minimum atomic E-state index is -0.456. The van der Waals surface area contributed by atoms with E-state index < -0.39 is 11.9 Å². The van der Waals surface area contributed by atoms with E-state index in [2.05, 4.69) is 4.98 Å². The summed E-state index contributed by atoms with van der Waals surface area (Å²) in [6.07, 6.45) is 0. The fraction of sp³-hybridized carbons (Fsp3) is 0.118. The highest BCUT2D eigenvalue weighted by atomic mass is 35.5. The molecule has 0 fully saturated rings. The van der Waals surface area contributed by atoms with Crippen molar-refractivity contribution in [2.45, 2.75) is 13.0 Å². The largest absolute Gasteiger partial charge is 0.320 e. The maximum atomic E-state index is 13.6. The van der Waals surface area contributed by atoms with E-state index in [4.69, 9.17) is 17.3 Å². The van der Waals surface area contributed by atoms with Crippen LogP contribution in [0.1, 0.15) is 22.9 Å². The molecule has 1 aromatic heterocycles. The molecular weight excluding hydrogens is 287 g/mol. The summed E-state index contributed by atoms with van der Waals surface area (Å²) >= 11 is 5.70. The molecule has 0 spiro atoms. The molecule has 106 valence electrons. The predicted molar refractivity (Wildman–Crippen MR) is 83.9 cm³/mol. The molecule has 3 rings (SSSR count). The summed E-state index contributed by atoms with van der Waals surface area (Å²) in [6, 6.07) is 14.1. The Balaban J connectivity index is 2.02. The Morgan fingerprint density at radius 2 is 1.76 bits per heavy atom. The fourth-order valence-electron chi connectivity index (χ4n) is 2.34. The average Bonchev–Trinajstić information content (AvgIpc) is 2.49. The van der Waals surface area contributed by atoms with Crippen molar-refractivity contribution in [1.82, 2.24) is 4.98 Å². The topological polar surface area (TPSA) is 38.9 Å². The molecule has 0 aliphatic carbocycles. The second kappa shape index (κ2) is 5.43. The monoisotopic (exact) mass is 300 g/mol. The van der Waals surface area contributed by atoms with Gasteiger partial charge in [0.2, 0.25) is 0 Å². The number of benzene rings is 2. The van der Waals surface area contributed by atoms with Crippen molar-refractivity contribution in [2.24, 2.45) is 5.73 Å². The number of fused-ring (bicyclic) bond motifs is 1. The maximum Gasteiger partial charge on any atom is 0.142 e. The number of nitrogens with zero attached hydrogens (tertiary/aromatic N) is 1. The van der Waals surface area contributed by atoms with Gasteiger partial charge >= 0.3 is 0 Å². The Bertz CT molecular complexity index is 817. The Kier molecular flexibility index (Phi) is 3.62. The van der Waals surface area contributed by atoms with Crippen LogP contribution in [0.4, 0.5) is 4.39 Å². The lowest BCUT2D eigenvalue weighted by Gasteiger charge is -2.14. The van der Waals surface area contributed by atoms with Crippen LogP contribution in [0.5, 0.6) is 0 Å². The van der Waals surface area contributed by atoms with Crippen molar-refractivity contribution in [3.63, 3.8) is 0 Å². The molecule has 0 saturated carbocycles. The summed E-state index contributed by atoms with van der Waals surface area (Å²) in [5, 5.41) is 1.12. The summed E-state index contributed by atoms with van der Waals surface area (Å²) in [7, 11) is 0. The Morgan fingerprint density at radius 1 is 1.05 bits per heavy atom. The van der Waals surface area contributed by atoms with Crippen LogP contribution in [0.15, 0.2) is 48.5 Å². The van der Waals surface area contributed by atoms with Crippen LogP contribution < -0.4 is 5.73 Å². The summed E-state index contributed by atoms with van der Waals surface area (Å²) < 4.78 is 13.6. The first-order chi connectivity index (χ1) is 10.0. The van der Waals surface area contributed by atoms with Crippen LogP contribution in [0, 0.1) is 12.7 Å². The molecule has 4 heteroatoms. The minimum Gasteiger partial charge on any atom is -0.320 e. The van der Waals surface area contributed by atoms with Gasteiger partial charge in [-0.3, -0.25) is 4.98 Å². The van der Waals surface area contributed by atoms with Gasteiger partial charge in [-0.15, -0.1) is 0 Å². The van der Waals surface area contributed by atoms with Gasteiger partial charge in [-0.2, -0.15) is 0 Å². The second-order valence-corrected chi connectivity index (χ2v) is 5.46. The van der Waals surface area contributed by atoms with E-state index in [0.717, 1.165) is 22.2 Å². The van der Waals surface area contributed by atoms with E-state index in [9.17, 15) is 4.39 Å². The van der Waals surface area contributed by atoms with Gasteiger partial charge in [0.15, 0.2) is 0 Å². The van der Waals surface area contributed by atoms with Gasteiger partial charge in [0.1, 0.15) is 5.82 Å². The molecule has 0 bridgehead atoms. The highest BCUT2D eigenvalue weighted by Gasteiger charge is 2.12. The third kappa shape index (κ3) is 2.75. The van der Waals surface area contributed by atoms with Crippen LogP contribution in [-0.2, 0) is 0 Å². The zero-order valence-corrected chi connectivity index (χ0v) is 12.2. The fourth-order valence-corrected chi connectivity index (χ4v) is 2.46. The highest BCUT2D eigenvalue weighted by Crippen LogP contribution is 2.25. The van der Waals surface area contributed by atoms with Crippen LogP contribution in [0.2, 0.25) is 5.02 Å². The number of aromatic nitrogens is 1. The molecule has 0 amide bonds. The van der Waals surface area contributed by atoms with Crippen LogP contribution in [0.25, 0.3) is 10.9 Å². The first kappa shape index (κ1) is 14.0. The first-order valence-corrected chi connectivity index (χ1v) is 7.00. The van der Waals surface area contributed by atoms with Gasteiger partial charge in [-0.25, -0.2) is 4.39 Å². The van der Waals surface area contributed by atoms with E-state index in [1.54, 1.807) is 6.07 Å².